The lowest BCUT2D eigenvalue weighted by Crippen LogP contribution is -2.33. The molecule has 0 radical (unpaired) electrons. The van der Waals surface area contributed by atoms with Gasteiger partial charge in [-0.2, -0.15) is 20.7 Å². The van der Waals surface area contributed by atoms with E-state index in [9.17, 15) is 4.79 Å². The Morgan fingerprint density at radius 3 is 1.63 bits per heavy atom. The van der Waals surface area contributed by atoms with Crippen LogP contribution in [0.2, 0.25) is 0 Å². The van der Waals surface area contributed by atoms with Crippen LogP contribution in [-0.4, -0.2) is 86.5 Å². The minimum Gasteiger partial charge on any atom is -0.444 e. The van der Waals surface area contributed by atoms with Crippen molar-refractivity contribution in [1.82, 2.24) is 54.9 Å². The molecular formula is C45H48N16O2S2. The monoisotopic (exact) mass is 908 g/mol. The second-order valence-corrected chi connectivity index (χ2v) is 18.5. The number of nitriles is 2. The van der Waals surface area contributed by atoms with Gasteiger partial charge >= 0.3 is 6.09 Å². The van der Waals surface area contributed by atoms with Crippen molar-refractivity contribution in [3.05, 3.63) is 94.5 Å². The SMILES string of the molecule is CC(C)Nc1cc(-c2ccc3cc(C#N)cnn23)ncc1-c1nnc(CCN)s1.CC(C)Nc1cc(-c2ccc3cc(C#N)cnn23)ncc1-c1nnc(CCNC(=O)OC(C)(C)C)s1. The minimum absolute atomic E-state index is 0.185. The van der Waals surface area contributed by atoms with E-state index in [1.807, 2.05) is 63.4 Å². The number of alkyl carbamates (subject to hydrolysis) is 1. The lowest BCUT2D eigenvalue weighted by molar-refractivity contribution is 0.0528. The fraction of sp³-hybridized carbons (Fsp3) is 0.311. The first-order valence-corrected chi connectivity index (χ1v) is 22.5. The number of ether oxygens (including phenoxy) is 1. The van der Waals surface area contributed by atoms with Gasteiger partial charge in [0.1, 0.15) is 27.8 Å². The average Bonchev–Trinajstić information content (AvgIpc) is 4.10. The van der Waals surface area contributed by atoms with E-state index >= 15 is 0 Å². The molecule has 65 heavy (non-hydrogen) atoms. The molecule has 8 aromatic rings. The molecule has 1 amide bonds. The summed E-state index contributed by atoms with van der Waals surface area (Å²) in [5.74, 6) is 0. The molecule has 0 spiro atoms. The highest BCUT2D eigenvalue weighted by Gasteiger charge is 2.19. The third kappa shape index (κ3) is 11.2. The summed E-state index contributed by atoms with van der Waals surface area (Å²) in [5, 5.41) is 57.2. The van der Waals surface area contributed by atoms with Gasteiger partial charge in [-0.15, -0.1) is 20.4 Å². The lowest BCUT2D eigenvalue weighted by atomic mass is 10.1. The highest BCUT2D eigenvalue weighted by atomic mass is 32.1. The van der Waals surface area contributed by atoms with E-state index in [1.165, 1.54) is 22.7 Å². The van der Waals surface area contributed by atoms with Crippen molar-refractivity contribution in [1.29, 1.82) is 10.5 Å². The molecule has 0 aliphatic rings. The Morgan fingerprint density at radius 2 is 1.20 bits per heavy atom. The number of nitrogens with one attached hydrogen (secondary N) is 3. The number of fused-ring (bicyclic) bond motifs is 2. The average molecular weight is 909 g/mol. The van der Waals surface area contributed by atoms with E-state index in [0.29, 0.717) is 37.1 Å². The van der Waals surface area contributed by atoms with Crippen molar-refractivity contribution in [2.24, 2.45) is 5.73 Å². The summed E-state index contributed by atoms with van der Waals surface area (Å²) >= 11 is 2.99. The fourth-order valence-corrected chi connectivity index (χ4v) is 8.28. The zero-order chi connectivity index (χ0) is 46.3. The van der Waals surface area contributed by atoms with Crippen LogP contribution in [-0.2, 0) is 17.6 Å². The predicted octanol–water partition coefficient (Wildman–Crippen LogP) is 7.78. The molecule has 8 rings (SSSR count). The summed E-state index contributed by atoms with van der Waals surface area (Å²) in [6, 6.07) is 20.0. The summed E-state index contributed by atoms with van der Waals surface area (Å²) in [5.41, 5.74) is 14.5. The van der Waals surface area contributed by atoms with Gasteiger partial charge in [-0.3, -0.25) is 9.97 Å². The molecule has 8 aromatic heterocycles. The first-order valence-electron chi connectivity index (χ1n) is 20.8. The van der Waals surface area contributed by atoms with Gasteiger partial charge in [-0.1, -0.05) is 22.7 Å². The van der Waals surface area contributed by atoms with Crippen molar-refractivity contribution < 1.29 is 9.53 Å². The minimum atomic E-state index is -0.540. The molecule has 20 heteroatoms. The molecule has 0 saturated carbocycles. The number of carbonyl (C=O) groups excluding carboxylic acids is 1. The van der Waals surface area contributed by atoms with Crippen molar-refractivity contribution in [3.63, 3.8) is 0 Å². The molecule has 8 heterocycles. The molecule has 0 atom stereocenters. The van der Waals surface area contributed by atoms with Gasteiger partial charge in [0.25, 0.3) is 0 Å². The number of carbonyl (C=O) groups is 1. The fourth-order valence-electron chi connectivity index (χ4n) is 6.54. The smallest absolute Gasteiger partial charge is 0.407 e. The number of hydrogen-bond donors (Lipinski definition) is 4. The van der Waals surface area contributed by atoms with Gasteiger partial charge in [0.2, 0.25) is 0 Å². The Hall–Kier alpha value is -7.39. The number of amides is 1. The van der Waals surface area contributed by atoms with Crippen LogP contribution in [0, 0.1) is 22.7 Å². The van der Waals surface area contributed by atoms with E-state index in [1.54, 1.807) is 39.8 Å². The molecule has 0 bridgehead atoms. The highest BCUT2D eigenvalue weighted by molar-refractivity contribution is 7.15. The van der Waals surface area contributed by atoms with E-state index < -0.39 is 11.7 Å². The standard InChI is InChI=1S/C25H28N8O2S.C20H20N8S/c1-15(2)30-19-11-20(21-7-6-17-10-16(12-26)13-29-33(17)21)28-14-18(19)23-32-31-22(36-23)8-9-27-24(34)35-25(3,4)5;1-12(2)25-16-8-17(18-4-3-14-7-13(9-22)10-24-28(14)18)23-11-15(16)20-27-26-19(29-20)5-6-21/h6-7,10-11,13-15H,8-9H2,1-5H3,(H,27,34)(H,28,30);3-4,7-8,10-12H,5-6,21H2,1-2H3,(H,23,25). The zero-order valence-corrected chi connectivity index (χ0v) is 38.6. The molecule has 0 aliphatic carbocycles. The van der Waals surface area contributed by atoms with E-state index in [-0.39, 0.29) is 12.1 Å². The Labute approximate surface area is 383 Å². The maximum absolute atomic E-state index is 11.9. The Bertz CT molecular complexity index is 3040. The zero-order valence-electron chi connectivity index (χ0n) is 37.0. The van der Waals surface area contributed by atoms with Crippen LogP contribution in [0.4, 0.5) is 16.2 Å². The van der Waals surface area contributed by atoms with Crippen molar-refractivity contribution in [2.45, 2.75) is 79.0 Å². The quantitative estimate of drug-likeness (QED) is 0.0862. The van der Waals surface area contributed by atoms with E-state index in [2.05, 4.69) is 96.3 Å². The molecule has 0 aromatic carbocycles. The topological polar surface area (TPSA) is 248 Å². The van der Waals surface area contributed by atoms with Gasteiger partial charge in [0.15, 0.2) is 10.0 Å². The normalized spacial score (nSPS) is 11.3. The second-order valence-electron chi connectivity index (χ2n) is 16.4. The summed E-state index contributed by atoms with van der Waals surface area (Å²) in [4.78, 5) is 21.2. The van der Waals surface area contributed by atoms with Crippen LogP contribution in [0.1, 0.15) is 69.6 Å². The first kappa shape index (κ1) is 45.6. The molecule has 18 nitrogen and oxygen atoms in total. The van der Waals surface area contributed by atoms with Gasteiger partial charge in [0.05, 0.1) is 68.5 Å². The largest absolute Gasteiger partial charge is 0.444 e. The molecule has 0 saturated heterocycles. The lowest BCUT2D eigenvalue weighted by Gasteiger charge is -2.19. The maximum Gasteiger partial charge on any atom is 0.407 e. The Morgan fingerprint density at radius 1 is 0.723 bits per heavy atom. The van der Waals surface area contributed by atoms with Gasteiger partial charge in [-0.25, -0.2) is 13.8 Å². The Kier molecular flexibility index (Phi) is 14.0. The molecule has 0 unspecified atom stereocenters. The number of rotatable bonds is 13. The summed E-state index contributed by atoms with van der Waals surface area (Å²) in [6.07, 6.45) is 7.50. The third-order valence-electron chi connectivity index (χ3n) is 9.24. The first-order chi connectivity index (χ1) is 31.2. The number of hydrogen-bond acceptors (Lipinski definition) is 17. The number of anilines is 2. The summed E-state index contributed by atoms with van der Waals surface area (Å²) in [7, 11) is 0. The van der Waals surface area contributed by atoms with Gasteiger partial charge in [0, 0.05) is 55.2 Å². The third-order valence-corrected chi connectivity index (χ3v) is 11.3. The van der Waals surface area contributed by atoms with Crippen LogP contribution in [0.25, 0.3) is 55.0 Å². The molecular weight excluding hydrogens is 861 g/mol. The number of aromatic nitrogens is 10. The van der Waals surface area contributed by atoms with Crippen LogP contribution < -0.4 is 21.7 Å². The highest BCUT2D eigenvalue weighted by Crippen LogP contribution is 2.35. The second kappa shape index (κ2) is 20.0. The van der Waals surface area contributed by atoms with Gasteiger partial charge < -0.3 is 26.4 Å². The van der Waals surface area contributed by atoms with Crippen LogP contribution in [0.3, 0.4) is 0 Å². The van der Waals surface area contributed by atoms with Crippen LogP contribution in [0.15, 0.2) is 73.3 Å². The number of nitrogens with zero attached hydrogens (tertiary/aromatic N) is 12. The van der Waals surface area contributed by atoms with Crippen molar-refractivity contribution >= 4 is 51.2 Å². The summed E-state index contributed by atoms with van der Waals surface area (Å²) in [6.45, 7) is 14.7. The number of nitrogens with two attached hydrogens (primary N) is 1. The molecule has 332 valence electrons. The maximum atomic E-state index is 11.9. The predicted molar refractivity (Wildman–Crippen MR) is 252 cm³/mol. The molecule has 5 N–H and O–H groups in total. The molecule has 0 aliphatic heterocycles. The Balaban J connectivity index is 0.000000198. The molecule has 0 fully saturated rings. The van der Waals surface area contributed by atoms with Crippen molar-refractivity contribution in [2.75, 3.05) is 23.7 Å². The van der Waals surface area contributed by atoms with E-state index in [0.717, 1.165) is 76.3 Å². The van der Waals surface area contributed by atoms with Crippen molar-refractivity contribution in [3.8, 4) is 56.1 Å². The van der Waals surface area contributed by atoms with Crippen LogP contribution in [0.5, 0.6) is 0 Å². The number of pyridine rings is 2. The summed E-state index contributed by atoms with van der Waals surface area (Å²) < 4.78 is 8.81. The van der Waals surface area contributed by atoms with Crippen LogP contribution >= 0.6 is 22.7 Å². The van der Waals surface area contributed by atoms with E-state index in [4.69, 9.17) is 21.0 Å². The van der Waals surface area contributed by atoms with Gasteiger partial charge in [-0.05, 0) is 104 Å².